The lowest BCUT2D eigenvalue weighted by Crippen LogP contribution is -1.97. The molecule has 0 aliphatic carbocycles. The number of carbonyl (C=O) groups excluding carboxylic acids is 2. The van der Waals surface area contributed by atoms with E-state index in [4.69, 9.17) is 11.1 Å². The smallest absolute Gasteiger partial charge is 0.395 e. The summed E-state index contributed by atoms with van der Waals surface area (Å²) in [5.74, 6) is -0.0866. The van der Waals surface area contributed by atoms with Gasteiger partial charge in [0.1, 0.15) is 5.56 Å². The molecule has 0 radical (unpaired) electrons. The van der Waals surface area contributed by atoms with Crippen LogP contribution >= 0.6 is 0 Å². The Bertz CT molecular complexity index is 1160. The minimum atomic E-state index is -0.0987. The molecule has 0 saturated heterocycles. The van der Waals surface area contributed by atoms with Gasteiger partial charge in [-0.3, -0.25) is 14.6 Å². The quantitative estimate of drug-likeness (QED) is 0.214. The van der Waals surface area contributed by atoms with Crippen LogP contribution in [-0.2, 0) is 6.54 Å². The molecule has 37 heavy (non-hydrogen) atoms. The van der Waals surface area contributed by atoms with Crippen molar-refractivity contribution in [1.29, 1.82) is 5.39 Å². The fourth-order valence-corrected chi connectivity index (χ4v) is 2.98. The molecule has 1 heterocycles. The Hall–Kier alpha value is -4.11. The zero-order valence-corrected chi connectivity index (χ0v) is 23.9. The van der Waals surface area contributed by atoms with Crippen LogP contribution in [-0.4, -0.2) is 17.3 Å². The third-order valence-corrected chi connectivity index (χ3v) is 4.62. The number of anilines is 1. The Labute approximate surface area is 223 Å². The maximum Gasteiger partial charge on any atom is 0.395 e. The van der Waals surface area contributed by atoms with Gasteiger partial charge >= 0.3 is 5.69 Å². The molecule has 2 N–H and O–H groups in total. The number of hydrogen-bond acceptors (Lipinski definition) is 5. The van der Waals surface area contributed by atoms with E-state index in [2.05, 4.69) is 41.2 Å². The highest BCUT2D eigenvalue weighted by atomic mass is 16.1. The summed E-state index contributed by atoms with van der Waals surface area (Å²) >= 11 is 0. The molecule has 0 saturated carbocycles. The molecule has 0 atom stereocenters. The van der Waals surface area contributed by atoms with E-state index in [1.165, 1.54) is 30.7 Å². The molecule has 198 valence electrons. The average Bonchev–Trinajstić information content (AvgIpc) is 3.33. The van der Waals surface area contributed by atoms with Crippen LogP contribution in [0.4, 0.5) is 11.4 Å². The number of nitrogens with zero attached hydrogens (tertiary/aromatic N) is 3. The van der Waals surface area contributed by atoms with Crippen molar-refractivity contribution < 1.29 is 9.59 Å². The lowest BCUT2D eigenvalue weighted by Gasteiger charge is -1.97. The Kier molecular flexibility index (Phi) is 20.1. The van der Waals surface area contributed by atoms with Gasteiger partial charge in [-0.1, -0.05) is 90.1 Å². The highest BCUT2D eigenvalue weighted by Gasteiger charge is 2.14. The number of ketones is 2. The molecule has 0 aromatic heterocycles. The van der Waals surface area contributed by atoms with Gasteiger partial charge in [-0.2, -0.15) is 0 Å². The molecule has 0 amide bonds. The lowest BCUT2D eigenvalue weighted by atomic mass is 10.1. The highest BCUT2D eigenvalue weighted by Crippen LogP contribution is 2.18. The predicted molar refractivity (Wildman–Crippen MR) is 158 cm³/mol. The minimum absolute atomic E-state index is 0.0121. The molecule has 0 bridgehead atoms. The summed E-state index contributed by atoms with van der Waals surface area (Å²) < 4.78 is 0. The molecule has 1 aliphatic rings. The van der Waals surface area contributed by atoms with Crippen molar-refractivity contribution in [2.45, 2.75) is 68.9 Å². The summed E-state index contributed by atoms with van der Waals surface area (Å²) in [6.07, 6.45) is 0. The fourth-order valence-electron chi connectivity index (χ4n) is 2.98. The first-order valence-corrected chi connectivity index (χ1v) is 12.7. The standard InChI is InChI=1S/C9H9N.C8H7N2O.C8H9NO.3C2H6/c1-7-9-5-3-2-4-8(9)6-10-7;1-6(11)7-4-2-3-5-8(7)10-9;1-6(10)7-4-2-3-5-8(7)9;3*1-2/h2-5H,6H2,1H3;2-5H,1H3;2-5H,9H2,1H3;3*1-2H3/q;+1;;;;. The molecule has 0 fully saturated rings. The van der Waals surface area contributed by atoms with E-state index >= 15 is 0 Å². The number of nitrogen functional groups attached to an aromatic ring is 1. The van der Waals surface area contributed by atoms with Crippen molar-refractivity contribution in [1.82, 2.24) is 0 Å². The normalized spacial score (nSPS) is 9.57. The monoisotopic (exact) mass is 503 g/mol. The van der Waals surface area contributed by atoms with Crippen molar-refractivity contribution in [3.63, 3.8) is 0 Å². The molecule has 4 rings (SSSR count). The van der Waals surface area contributed by atoms with Crippen LogP contribution in [0.2, 0.25) is 0 Å². The number of hydrogen-bond donors (Lipinski definition) is 1. The van der Waals surface area contributed by atoms with Crippen molar-refractivity contribution >= 4 is 28.7 Å². The first-order valence-electron chi connectivity index (χ1n) is 12.7. The highest BCUT2D eigenvalue weighted by molar-refractivity contribution is 6.02. The summed E-state index contributed by atoms with van der Waals surface area (Å²) in [5.41, 5.74) is 11.3. The van der Waals surface area contributed by atoms with Gasteiger partial charge in [-0.25, -0.2) is 0 Å². The molecule has 3 aromatic carbocycles. The van der Waals surface area contributed by atoms with E-state index in [-0.39, 0.29) is 11.6 Å². The molecule has 6 heteroatoms. The molecule has 0 unspecified atom stereocenters. The van der Waals surface area contributed by atoms with Crippen molar-refractivity contribution in [2.24, 2.45) is 4.99 Å². The Morgan fingerprint density at radius 3 is 1.65 bits per heavy atom. The number of carbonyl (C=O) groups is 2. The van der Waals surface area contributed by atoms with Crippen LogP contribution in [0.25, 0.3) is 4.98 Å². The number of para-hydroxylation sites is 1. The van der Waals surface area contributed by atoms with Crippen LogP contribution in [0.3, 0.4) is 0 Å². The molecule has 1 aliphatic heterocycles. The number of benzene rings is 3. The third kappa shape index (κ3) is 12.4. The van der Waals surface area contributed by atoms with E-state index < -0.39 is 0 Å². The van der Waals surface area contributed by atoms with Gasteiger partial charge in [0.25, 0.3) is 0 Å². The van der Waals surface area contributed by atoms with Gasteiger partial charge in [0.15, 0.2) is 16.5 Å². The van der Waals surface area contributed by atoms with E-state index in [0.717, 1.165) is 6.54 Å². The van der Waals surface area contributed by atoms with Crippen LogP contribution in [0, 0.1) is 5.39 Å². The van der Waals surface area contributed by atoms with Gasteiger partial charge in [0.2, 0.25) is 5.39 Å². The van der Waals surface area contributed by atoms with Gasteiger partial charge in [-0.05, 0) is 44.5 Å². The van der Waals surface area contributed by atoms with Crippen molar-refractivity contribution in [2.75, 3.05) is 5.73 Å². The van der Waals surface area contributed by atoms with Crippen LogP contribution in [0.5, 0.6) is 0 Å². The number of rotatable bonds is 2. The van der Waals surface area contributed by atoms with E-state index in [0.29, 0.717) is 22.5 Å². The number of aliphatic imine (C=N–C) groups is 1. The van der Waals surface area contributed by atoms with Gasteiger partial charge < -0.3 is 5.73 Å². The van der Waals surface area contributed by atoms with Crippen molar-refractivity contribution in [3.8, 4) is 0 Å². The van der Waals surface area contributed by atoms with Gasteiger partial charge in [0.05, 0.1) is 6.54 Å². The Morgan fingerprint density at radius 1 is 0.757 bits per heavy atom. The molecular formula is C31H43N4O2+. The summed E-state index contributed by atoms with van der Waals surface area (Å²) in [6, 6.07) is 22.1. The summed E-state index contributed by atoms with van der Waals surface area (Å²) in [4.78, 5) is 28.9. The summed E-state index contributed by atoms with van der Waals surface area (Å²) in [7, 11) is 0. The molecule has 3 aromatic rings. The minimum Gasteiger partial charge on any atom is -0.398 e. The fraction of sp³-hybridized carbons (Fsp3) is 0.323. The van der Waals surface area contributed by atoms with Gasteiger partial charge in [0, 0.05) is 28.6 Å². The van der Waals surface area contributed by atoms with Crippen molar-refractivity contribution in [3.05, 3.63) is 100 Å². The Balaban J connectivity index is 0. The van der Waals surface area contributed by atoms with E-state index in [1.807, 2.05) is 47.6 Å². The number of nitrogens with two attached hydrogens (primary N) is 1. The van der Waals surface area contributed by atoms with E-state index in [9.17, 15) is 9.59 Å². The second kappa shape index (κ2) is 21.2. The second-order valence-electron chi connectivity index (χ2n) is 6.88. The molecular weight excluding hydrogens is 460 g/mol. The average molecular weight is 504 g/mol. The largest absolute Gasteiger partial charge is 0.398 e. The predicted octanol–water partition coefficient (Wildman–Crippen LogP) is 8.93. The zero-order chi connectivity index (χ0) is 28.8. The first kappa shape index (κ1) is 35.1. The SMILES string of the molecule is CC.CC.CC.CC(=O)c1ccccc1N.CC(=O)c1ccccc1[N+]#N.CC1=NCc2ccccc21. The lowest BCUT2D eigenvalue weighted by molar-refractivity contribution is 0.101. The van der Waals surface area contributed by atoms with Crippen LogP contribution < -0.4 is 5.73 Å². The van der Waals surface area contributed by atoms with Crippen LogP contribution in [0.1, 0.15) is 94.2 Å². The number of Topliss-reactive ketones (excluding diaryl/α,β-unsaturated/α-hetero) is 2. The number of fused-ring (bicyclic) bond motifs is 1. The van der Waals surface area contributed by atoms with Gasteiger partial charge in [-0.15, -0.1) is 0 Å². The second-order valence-corrected chi connectivity index (χ2v) is 6.88. The molecule has 0 spiro atoms. The third-order valence-electron chi connectivity index (χ3n) is 4.62. The molecule has 6 nitrogen and oxygen atoms in total. The maximum atomic E-state index is 10.9. The Morgan fingerprint density at radius 2 is 1.22 bits per heavy atom. The summed E-state index contributed by atoms with van der Waals surface area (Å²) in [6.45, 7) is 17.9. The summed E-state index contributed by atoms with van der Waals surface area (Å²) in [5, 5.41) is 8.44. The first-order chi connectivity index (χ1) is 17.8. The zero-order valence-electron chi connectivity index (χ0n) is 23.9. The maximum absolute atomic E-state index is 10.9. The topological polar surface area (TPSA) is 101 Å². The number of diazo groups is 1. The van der Waals surface area contributed by atoms with Crippen LogP contribution in [0.15, 0.2) is 77.8 Å². The van der Waals surface area contributed by atoms with E-state index in [1.54, 1.807) is 42.5 Å².